The van der Waals surface area contributed by atoms with E-state index >= 15 is 0 Å². The molecular weight excluding hydrogens is 282 g/mol. The molecule has 4 nitrogen and oxygen atoms in total. The molecule has 2 aromatic rings. The summed E-state index contributed by atoms with van der Waals surface area (Å²) in [6.07, 6.45) is 1.95. The van der Waals surface area contributed by atoms with Gasteiger partial charge in [-0.25, -0.2) is 4.98 Å². The Morgan fingerprint density at radius 1 is 1.29 bits per heavy atom. The van der Waals surface area contributed by atoms with E-state index in [1.54, 1.807) is 18.4 Å². The molecule has 1 aromatic carbocycles. The van der Waals surface area contributed by atoms with Gasteiger partial charge in [-0.05, 0) is 36.7 Å². The van der Waals surface area contributed by atoms with Crippen molar-refractivity contribution in [3.63, 3.8) is 0 Å². The number of rotatable bonds is 7. The fourth-order valence-corrected chi connectivity index (χ4v) is 2.80. The van der Waals surface area contributed by atoms with Crippen molar-refractivity contribution in [3.05, 3.63) is 35.3 Å². The van der Waals surface area contributed by atoms with Gasteiger partial charge in [0, 0.05) is 30.4 Å². The van der Waals surface area contributed by atoms with E-state index in [9.17, 15) is 0 Å². The molecule has 0 aliphatic rings. The van der Waals surface area contributed by atoms with Crippen LogP contribution in [0.25, 0.3) is 0 Å². The summed E-state index contributed by atoms with van der Waals surface area (Å²) in [5.41, 5.74) is 1.10. The van der Waals surface area contributed by atoms with E-state index in [0.717, 1.165) is 29.7 Å². The van der Waals surface area contributed by atoms with E-state index in [-0.39, 0.29) is 0 Å². The Balaban J connectivity index is 1.98. The molecule has 1 N–H and O–H groups in total. The van der Waals surface area contributed by atoms with Crippen LogP contribution in [0.2, 0.25) is 0 Å². The molecule has 0 fully saturated rings. The predicted molar refractivity (Wildman–Crippen MR) is 89.7 cm³/mol. The van der Waals surface area contributed by atoms with Gasteiger partial charge in [0.05, 0.1) is 7.11 Å². The number of aromatic nitrogens is 1. The molecule has 5 heteroatoms. The topological polar surface area (TPSA) is 37.4 Å². The zero-order chi connectivity index (χ0) is 15.2. The first-order chi connectivity index (χ1) is 10.1. The van der Waals surface area contributed by atoms with Gasteiger partial charge in [-0.15, -0.1) is 11.3 Å². The standard InChI is InChI=1S/C16H23N3OS/c1-12(2)9-17-10-15-11-18-16(21-15)19(3)13-5-7-14(20-4)8-6-13/h5-8,11-12,17H,9-10H2,1-4H3. The van der Waals surface area contributed by atoms with Crippen LogP contribution in [0.15, 0.2) is 30.5 Å². The van der Waals surface area contributed by atoms with Crippen molar-refractivity contribution in [2.45, 2.75) is 20.4 Å². The second-order valence-electron chi connectivity index (χ2n) is 5.39. The van der Waals surface area contributed by atoms with Crippen LogP contribution < -0.4 is 15.0 Å². The lowest BCUT2D eigenvalue weighted by Gasteiger charge is -2.16. The lowest BCUT2D eigenvalue weighted by atomic mass is 10.2. The van der Waals surface area contributed by atoms with Gasteiger partial charge in [-0.2, -0.15) is 0 Å². The third kappa shape index (κ3) is 4.44. The number of methoxy groups -OCH3 is 1. The molecule has 114 valence electrons. The van der Waals surface area contributed by atoms with Crippen LogP contribution in [-0.2, 0) is 6.54 Å². The summed E-state index contributed by atoms with van der Waals surface area (Å²) in [4.78, 5) is 7.85. The zero-order valence-corrected chi connectivity index (χ0v) is 13.9. The molecule has 0 bridgehead atoms. The molecule has 1 heterocycles. The largest absolute Gasteiger partial charge is 0.497 e. The summed E-state index contributed by atoms with van der Waals surface area (Å²) >= 11 is 1.72. The number of nitrogens with zero attached hydrogens (tertiary/aromatic N) is 2. The monoisotopic (exact) mass is 305 g/mol. The van der Waals surface area contributed by atoms with Crippen LogP contribution in [0.4, 0.5) is 10.8 Å². The van der Waals surface area contributed by atoms with E-state index in [1.165, 1.54) is 4.88 Å². The normalized spacial score (nSPS) is 10.9. The number of nitrogens with one attached hydrogen (secondary N) is 1. The molecule has 0 radical (unpaired) electrons. The van der Waals surface area contributed by atoms with Crippen LogP contribution in [-0.4, -0.2) is 25.7 Å². The van der Waals surface area contributed by atoms with Crippen LogP contribution in [0.3, 0.4) is 0 Å². The highest BCUT2D eigenvalue weighted by Gasteiger charge is 2.09. The van der Waals surface area contributed by atoms with Crippen LogP contribution in [0.5, 0.6) is 5.75 Å². The maximum atomic E-state index is 5.18. The summed E-state index contributed by atoms with van der Waals surface area (Å²) in [5, 5.41) is 4.44. The maximum absolute atomic E-state index is 5.18. The molecule has 0 aliphatic heterocycles. The lowest BCUT2D eigenvalue weighted by Crippen LogP contribution is -2.18. The second-order valence-corrected chi connectivity index (χ2v) is 6.48. The molecule has 0 spiro atoms. The molecule has 21 heavy (non-hydrogen) atoms. The van der Waals surface area contributed by atoms with Crippen molar-refractivity contribution in [2.24, 2.45) is 5.92 Å². The van der Waals surface area contributed by atoms with Crippen molar-refractivity contribution >= 4 is 22.2 Å². The molecule has 1 aromatic heterocycles. The van der Waals surface area contributed by atoms with Crippen molar-refractivity contribution in [3.8, 4) is 5.75 Å². The van der Waals surface area contributed by atoms with Gasteiger partial charge < -0.3 is 15.0 Å². The summed E-state index contributed by atoms with van der Waals surface area (Å²) in [7, 11) is 3.71. The minimum absolute atomic E-state index is 0.666. The number of hydrogen-bond donors (Lipinski definition) is 1. The molecule has 0 amide bonds. The van der Waals surface area contributed by atoms with Crippen molar-refractivity contribution < 1.29 is 4.74 Å². The Kier molecular flexibility index (Phi) is 5.59. The molecule has 0 unspecified atom stereocenters. The molecule has 0 saturated carbocycles. The third-order valence-electron chi connectivity index (χ3n) is 3.14. The average molecular weight is 305 g/mol. The van der Waals surface area contributed by atoms with E-state index in [4.69, 9.17) is 4.74 Å². The van der Waals surface area contributed by atoms with Crippen molar-refractivity contribution in [1.82, 2.24) is 10.3 Å². The van der Waals surface area contributed by atoms with E-state index in [0.29, 0.717) is 5.92 Å². The number of benzene rings is 1. The SMILES string of the molecule is COc1ccc(N(C)c2ncc(CNCC(C)C)s2)cc1. The maximum Gasteiger partial charge on any atom is 0.189 e. The number of ether oxygens (including phenoxy) is 1. The predicted octanol–water partition coefficient (Wildman–Crippen LogP) is 3.67. The Morgan fingerprint density at radius 2 is 2.00 bits per heavy atom. The highest BCUT2D eigenvalue weighted by Crippen LogP contribution is 2.29. The average Bonchev–Trinajstić information content (AvgIpc) is 2.95. The van der Waals surface area contributed by atoms with Crippen molar-refractivity contribution in [2.75, 3.05) is 25.6 Å². The summed E-state index contributed by atoms with van der Waals surface area (Å²) < 4.78 is 5.18. The highest BCUT2D eigenvalue weighted by atomic mass is 32.1. The first-order valence-electron chi connectivity index (χ1n) is 7.13. The fourth-order valence-electron chi connectivity index (χ4n) is 1.93. The minimum Gasteiger partial charge on any atom is -0.497 e. The van der Waals surface area contributed by atoms with Gasteiger partial charge in [0.2, 0.25) is 0 Å². The van der Waals surface area contributed by atoms with Gasteiger partial charge in [0.1, 0.15) is 5.75 Å². The fraction of sp³-hybridized carbons (Fsp3) is 0.438. The Bertz CT molecular complexity index is 551. The van der Waals surface area contributed by atoms with Gasteiger partial charge in [0.25, 0.3) is 0 Å². The van der Waals surface area contributed by atoms with Gasteiger partial charge in [0.15, 0.2) is 5.13 Å². The lowest BCUT2D eigenvalue weighted by molar-refractivity contribution is 0.415. The first-order valence-corrected chi connectivity index (χ1v) is 7.95. The van der Waals surface area contributed by atoms with Gasteiger partial charge in [-0.3, -0.25) is 0 Å². The molecule has 0 atom stereocenters. The number of thiazole rings is 1. The Labute approximate surface area is 130 Å². The molecule has 2 rings (SSSR count). The highest BCUT2D eigenvalue weighted by molar-refractivity contribution is 7.15. The van der Waals surface area contributed by atoms with Gasteiger partial charge in [-0.1, -0.05) is 13.8 Å². The third-order valence-corrected chi connectivity index (χ3v) is 4.21. The van der Waals surface area contributed by atoms with Crippen LogP contribution in [0.1, 0.15) is 18.7 Å². The minimum atomic E-state index is 0.666. The Morgan fingerprint density at radius 3 is 2.62 bits per heavy atom. The molecule has 0 aliphatic carbocycles. The first kappa shape index (κ1) is 15.8. The smallest absolute Gasteiger partial charge is 0.189 e. The van der Waals surface area contributed by atoms with Crippen LogP contribution >= 0.6 is 11.3 Å². The summed E-state index contributed by atoms with van der Waals surface area (Å²) in [6.45, 7) is 6.33. The van der Waals surface area contributed by atoms with E-state index in [1.807, 2.05) is 37.5 Å². The Hall–Kier alpha value is -1.59. The zero-order valence-electron chi connectivity index (χ0n) is 13.1. The van der Waals surface area contributed by atoms with Gasteiger partial charge >= 0.3 is 0 Å². The number of anilines is 2. The quantitative estimate of drug-likeness (QED) is 0.847. The summed E-state index contributed by atoms with van der Waals surface area (Å²) in [6, 6.07) is 8.00. The van der Waals surface area contributed by atoms with Crippen molar-refractivity contribution in [1.29, 1.82) is 0 Å². The van der Waals surface area contributed by atoms with E-state index in [2.05, 4.69) is 29.0 Å². The molecule has 0 saturated heterocycles. The second kappa shape index (κ2) is 7.43. The number of hydrogen-bond acceptors (Lipinski definition) is 5. The summed E-state index contributed by atoms with van der Waals surface area (Å²) in [5.74, 6) is 1.53. The van der Waals surface area contributed by atoms with E-state index < -0.39 is 0 Å². The molecular formula is C16H23N3OS. The van der Waals surface area contributed by atoms with Crippen LogP contribution in [0, 0.1) is 5.92 Å².